The van der Waals surface area contributed by atoms with E-state index in [0.29, 0.717) is 11.1 Å². The normalized spacial score (nSPS) is 10.1. The standard InChI is InChI=1S/C15H14N2O/c1-10-2-3-13(9-18)14(8-10)11-4-6-12(7-5-11)15(16)17/h2-9H,1H3,(H3,16,17). The minimum Gasteiger partial charge on any atom is -0.384 e. The molecule has 2 aromatic rings. The number of aryl methyl sites for hydroxylation is 1. The molecule has 3 N–H and O–H groups in total. The van der Waals surface area contributed by atoms with Gasteiger partial charge in [0.25, 0.3) is 0 Å². The predicted molar refractivity (Wildman–Crippen MR) is 73.0 cm³/mol. The first-order valence-electron chi connectivity index (χ1n) is 5.62. The van der Waals surface area contributed by atoms with Crippen LogP contribution in [-0.4, -0.2) is 12.1 Å². The summed E-state index contributed by atoms with van der Waals surface area (Å²) in [6.45, 7) is 1.99. The average Bonchev–Trinajstić information content (AvgIpc) is 2.39. The van der Waals surface area contributed by atoms with E-state index in [1.165, 1.54) is 0 Å². The third kappa shape index (κ3) is 2.30. The zero-order valence-electron chi connectivity index (χ0n) is 10.1. The number of nitrogen functional groups attached to an aromatic ring is 1. The van der Waals surface area contributed by atoms with Gasteiger partial charge in [0.1, 0.15) is 5.84 Å². The van der Waals surface area contributed by atoms with E-state index in [1.807, 2.05) is 37.3 Å². The Hall–Kier alpha value is -2.42. The maximum atomic E-state index is 11.0. The van der Waals surface area contributed by atoms with E-state index in [1.54, 1.807) is 12.1 Å². The van der Waals surface area contributed by atoms with Gasteiger partial charge in [0.2, 0.25) is 0 Å². The minimum absolute atomic E-state index is 0.0430. The fraction of sp³-hybridized carbons (Fsp3) is 0.0667. The number of nitrogens with two attached hydrogens (primary N) is 1. The van der Waals surface area contributed by atoms with Crippen LogP contribution in [0.4, 0.5) is 0 Å². The maximum Gasteiger partial charge on any atom is 0.150 e. The van der Waals surface area contributed by atoms with Crippen molar-refractivity contribution in [2.75, 3.05) is 0 Å². The lowest BCUT2D eigenvalue weighted by atomic mass is 9.97. The van der Waals surface area contributed by atoms with Crippen LogP contribution in [0.3, 0.4) is 0 Å². The number of benzene rings is 2. The van der Waals surface area contributed by atoms with Crippen LogP contribution in [0.2, 0.25) is 0 Å². The number of nitrogens with one attached hydrogen (secondary N) is 1. The Balaban J connectivity index is 2.51. The molecule has 0 bridgehead atoms. The summed E-state index contributed by atoms with van der Waals surface area (Å²) in [6.07, 6.45) is 0.855. The fourth-order valence-corrected chi connectivity index (χ4v) is 1.85. The summed E-state index contributed by atoms with van der Waals surface area (Å²) in [7, 11) is 0. The molecular formula is C15H14N2O. The lowest BCUT2D eigenvalue weighted by Crippen LogP contribution is -2.10. The van der Waals surface area contributed by atoms with Crippen LogP contribution in [0.15, 0.2) is 42.5 Å². The number of carbonyl (C=O) groups excluding carboxylic acids is 1. The molecule has 90 valence electrons. The first kappa shape index (κ1) is 12.0. The van der Waals surface area contributed by atoms with Gasteiger partial charge < -0.3 is 5.73 Å². The summed E-state index contributed by atoms with van der Waals surface area (Å²) in [6, 6.07) is 13.0. The van der Waals surface area contributed by atoms with E-state index in [9.17, 15) is 4.79 Å². The number of hydrogen-bond donors (Lipinski definition) is 2. The number of rotatable bonds is 3. The van der Waals surface area contributed by atoms with Crippen molar-refractivity contribution in [3.05, 3.63) is 59.2 Å². The van der Waals surface area contributed by atoms with Crippen molar-refractivity contribution in [1.82, 2.24) is 0 Å². The molecule has 0 aliphatic heterocycles. The van der Waals surface area contributed by atoms with Gasteiger partial charge in [0.15, 0.2) is 6.29 Å². The summed E-state index contributed by atoms with van der Waals surface area (Å²) in [5, 5.41) is 7.34. The highest BCUT2D eigenvalue weighted by Crippen LogP contribution is 2.24. The first-order chi connectivity index (χ1) is 8.61. The largest absolute Gasteiger partial charge is 0.384 e. The molecule has 0 saturated heterocycles. The minimum atomic E-state index is 0.0430. The Morgan fingerprint density at radius 2 is 1.83 bits per heavy atom. The van der Waals surface area contributed by atoms with Gasteiger partial charge in [-0.15, -0.1) is 0 Å². The van der Waals surface area contributed by atoms with Gasteiger partial charge in [-0.05, 0) is 18.1 Å². The summed E-state index contributed by atoms with van der Waals surface area (Å²) in [5.74, 6) is 0.0430. The van der Waals surface area contributed by atoms with Gasteiger partial charge in [0.05, 0.1) is 0 Å². The van der Waals surface area contributed by atoms with Crippen LogP contribution in [0, 0.1) is 12.3 Å². The van der Waals surface area contributed by atoms with Crippen molar-refractivity contribution in [1.29, 1.82) is 5.41 Å². The Morgan fingerprint density at radius 1 is 1.17 bits per heavy atom. The van der Waals surface area contributed by atoms with Crippen LogP contribution in [-0.2, 0) is 0 Å². The van der Waals surface area contributed by atoms with Crippen LogP contribution < -0.4 is 5.73 Å². The van der Waals surface area contributed by atoms with Gasteiger partial charge in [0, 0.05) is 11.1 Å². The molecule has 0 heterocycles. The molecule has 2 rings (SSSR count). The van der Waals surface area contributed by atoms with E-state index in [2.05, 4.69) is 0 Å². The highest BCUT2D eigenvalue weighted by Gasteiger charge is 2.05. The number of amidine groups is 1. The van der Waals surface area contributed by atoms with Gasteiger partial charge in [-0.3, -0.25) is 10.2 Å². The van der Waals surface area contributed by atoms with E-state index >= 15 is 0 Å². The Bertz CT molecular complexity index is 600. The molecular weight excluding hydrogens is 224 g/mol. The molecule has 0 saturated carbocycles. The van der Waals surface area contributed by atoms with Crippen molar-refractivity contribution < 1.29 is 4.79 Å². The molecule has 2 aromatic carbocycles. The monoisotopic (exact) mass is 238 g/mol. The number of aldehydes is 1. The molecule has 0 aromatic heterocycles. The topological polar surface area (TPSA) is 66.9 Å². The zero-order valence-corrected chi connectivity index (χ0v) is 10.1. The number of hydrogen-bond acceptors (Lipinski definition) is 2. The summed E-state index contributed by atoms with van der Waals surface area (Å²) >= 11 is 0. The molecule has 0 radical (unpaired) electrons. The molecule has 0 atom stereocenters. The molecule has 18 heavy (non-hydrogen) atoms. The summed E-state index contributed by atoms with van der Waals surface area (Å²) in [5.41, 5.74) is 9.71. The quantitative estimate of drug-likeness (QED) is 0.490. The van der Waals surface area contributed by atoms with Crippen LogP contribution in [0.25, 0.3) is 11.1 Å². The van der Waals surface area contributed by atoms with Crippen LogP contribution >= 0.6 is 0 Å². The first-order valence-corrected chi connectivity index (χ1v) is 5.62. The lowest BCUT2D eigenvalue weighted by Gasteiger charge is -2.07. The van der Waals surface area contributed by atoms with Crippen molar-refractivity contribution in [3.63, 3.8) is 0 Å². The Labute approximate surface area is 106 Å². The smallest absolute Gasteiger partial charge is 0.150 e. The SMILES string of the molecule is Cc1ccc(C=O)c(-c2ccc(C(=N)N)cc2)c1. The molecule has 3 nitrogen and oxygen atoms in total. The molecule has 0 spiro atoms. The summed E-state index contributed by atoms with van der Waals surface area (Å²) < 4.78 is 0. The maximum absolute atomic E-state index is 11.0. The second kappa shape index (κ2) is 4.84. The van der Waals surface area contributed by atoms with Crippen LogP contribution in [0.1, 0.15) is 21.5 Å². The van der Waals surface area contributed by atoms with Crippen molar-refractivity contribution in [2.24, 2.45) is 5.73 Å². The molecule has 3 heteroatoms. The highest BCUT2D eigenvalue weighted by atomic mass is 16.1. The van der Waals surface area contributed by atoms with Gasteiger partial charge >= 0.3 is 0 Å². The highest BCUT2D eigenvalue weighted by molar-refractivity contribution is 5.96. The molecule has 0 fully saturated rings. The molecule has 0 aliphatic rings. The average molecular weight is 238 g/mol. The van der Waals surface area contributed by atoms with E-state index in [4.69, 9.17) is 11.1 Å². The summed E-state index contributed by atoms with van der Waals surface area (Å²) in [4.78, 5) is 11.0. The Kier molecular flexibility index (Phi) is 3.24. The van der Waals surface area contributed by atoms with E-state index < -0.39 is 0 Å². The van der Waals surface area contributed by atoms with Crippen molar-refractivity contribution >= 4 is 12.1 Å². The second-order valence-corrected chi connectivity index (χ2v) is 4.20. The van der Waals surface area contributed by atoms with Gasteiger partial charge in [-0.25, -0.2) is 0 Å². The predicted octanol–water partition coefficient (Wildman–Crippen LogP) is 2.76. The third-order valence-electron chi connectivity index (χ3n) is 2.84. The molecule has 0 aliphatic carbocycles. The Morgan fingerprint density at radius 3 is 2.39 bits per heavy atom. The molecule has 0 amide bonds. The van der Waals surface area contributed by atoms with Gasteiger partial charge in [-0.1, -0.05) is 48.0 Å². The third-order valence-corrected chi connectivity index (χ3v) is 2.84. The second-order valence-electron chi connectivity index (χ2n) is 4.20. The van der Waals surface area contributed by atoms with E-state index in [-0.39, 0.29) is 5.84 Å². The fourth-order valence-electron chi connectivity index (χ4n) is 1.85. The zero-order chi connectivity index (χ0) is 13.1. The lowest BCUT2D eigenvalue weighted by molar-refractivity contribution is 0.112. The van der Waals surface area contributed by atoms with E-state index in [0.717, 1.165) is 23.0 Å². The van der Waals surface area contributed by atoms with Crippen molar-refractivity contribution in [3.8, 4) is 11.1 Å². The number of carbonyl (C=O) groups is 1. The van der Waals surface area contributed by atoms with Gasteiger partial charge in [-0.2, -0.15) is 0 Å². The van der Waals surface area contributed by atoms with Crippen molar-refractivity contribution in [2.45, 2.75) is 6.92 Å². The molecule has 0 unspecified atom stereocenters. The van der Waals surface area contributed by atoms with Crippen LogP contribution in [0.5, 0.6) is 0 Å².